The summed E-state index contributed by atoms with van der Waals surface area (Å²) >= 11 is 6.49. The van der Waals surface area contributed by atoms with Crippen molar-refractivity contribution in [2.24, 2.45) is 0 Å². The van der Waals surface area contributed by atoms with Crippen LogP contribution >= 0.6 is 24.0 Å². The zero-order chi connectivity index (χ0) is 16.1. The molecule has 0 atom stereocenters. The molecule has 2 rings (SSSR count). The summed E-state index contributed by atoms with van der Waals surface area (Å²) in [7, 11) is 0. The van der Waals surface area contributed by atoms with E-state index in [4.69, 9.17) is 12.2 Å². The quantitative estimate of drug-likeness (QED) is 0.258. The molecule has 1 aliphatic rings. The van der Waals surface area contributed by atoms with Crippen LogP contribution in [0.3, 0.4) is 0 Å². The van der Waals surface area contributed by atoms with Crippen molar-refractivity contribution in [2.75, 3.05) is 6.54 Å². The third kappa shape index (κ3) is 3.92. The van der Waals surface area contributed by atoms with Crippen LogP contribution in [0.15, 0.2) is 29.2 Å². The Kier molecular flexibility index (Phi) is 5.68. The SMILES string of the molecule is CCCCCN1C(=O)/C(=C\c2cccc([N+](=O)[O-])c2)SC1=S. The van der Waals surface area contributed by atoms with E-state index >= 15 is 0 Å². The number of thioether (sulfide) groups is 1. The van der Waals surface area contributed by atoms with Crippen LogP contribution in [-0.4, -0.2) is 26.6 Å². The Morgan fingerprint density at radius 1 is 1.41 bits per heavy atom. The van der Waals surface area contributed by atoms with Crippen LogP contribution in [0.1, 0.15) is 31.7 Å². The number of unbranched alkanes of at least 4 members (excludes halogenated alkanes) is 2. The predicted molar refractivity (Wildman–Crippen MR) is 92.5 cm³/mol. The minimum atomic E-state index is -0.451. The van der Waals surface area contributed by atoms with Gasteiger partial charge >= 0.3 is 0 Å². The highest BCUT2D eigenvalue weighted by molar-refractivity contribution is 8.26. The van der Waals surface area contributed by atoms with Crippen molar-refractivity contribution in [1.29, 1.82) is 0 Å². The monoisotopic (exact) mass is 336 g/mol. The van der Waals surface area contributed by atoms with E-state index in [1.807, 2.05) is 0 Å². The lowest BCUT2D eigenvalue weighted by Gasteiger charge is -2.13. The van der Waals surface area contributed by atoms with Crippen molar-refractivity contribution in [1.82, 2.24) is 4.90 Å². The van der Waals surface area contributed by atoms with Crippen molar-refractivity contribution in [3.63, 3.8) is 0 Å². The molecule has 0 spiro atoms. The number of carbonyl (C=O) groups excluding carboxylic acids is 1. The van der Waals surface area contributed by atoms with Crippen LogP contribution in [-0.2, 0) is 4.79 Å². The number of amides is 1. The third-order valence-corrected chi connectivity index (χ3v) is 4.62. The highest BCUT2D eigenvalue weighted by atomic mass is 32.2. The Morgan fingerprint density at radius 2 is 2.18 bits per heavy atom. The van der Waals surface area contributed by atoms with Gasteiger partial charge in [0.1, 0.15) is 4.32 Å². The Hall–Kier alpha value is -1.73. The highest BCUT2D eigenvalue weighted by Gasteiger charge is 2.31. The fourth-order valence-corrected chi connectivity index (χ4v) is 3.40. The van der Waals surface area contributed by atoms with Crippen molar-refractivity contribution < 1.29 is 9.72 Å². The molecule has 1 heterocycles. The molecular formula is C15H16N2O3S2. The van der Waals surface area contributed by atoms with E-state index < -0.39 is 4.92 Å². The van der Waals surface area contributed by atoms with Crippen LogP contribution in [0, 0.1) is 10.1 Å². The molecule has 0 radical (unpaired) electrons. The van der Waals surface area contributed by atoms with Crippen LogP contribution < -0.4 is 0 Å². The summed E-state index contributed by atoms with van der Waals surface area (Å²) < 4.78 is 0.554. The normalized spacial score (nSPS) is 16.6. The van der Waals surface area contributed by atoms with Crippen LogP contribution in [0.25, 0.3) is 6.08 Å². The van der Waals surface area contributed by atoms with Gasteiger partial charge in [0.15, 0.2) is 0 Å². The molecule has 116 valence electrons. The molecule has 7 heteroatoms. The lowest BCUT2D eigenvalue weighted by atomic mass is 10.2. The minimum Gasteiger partial charge on any atom is -0.293 e. The maximum atomic E-state index is 12.3. The van der Waals surface area contributed by atoms with E-state index in [1.54, 1.807) is 23.1 Å². The lowest BCUT2D eigenvalue weighted by molar-refractivity contribution is -0.384. The summed E-state index contributed by atoms with van der Waals surface area (Å²) in [5.41, 5.74) is 0.635. The summed E-state index contributed by atoms with van der Waals surface area (Å²) in [5.74, 6) is -0.113. The second-order valence-electron chi connectivity index (χ2n) is 4.89. The molecule has 1 aromatic rings. The van der Waals surface area contributed by atoms with E-state index in [2.05, 4.69) is 6.92 Å². The average molecular weight is 336 g/mol. The zero-order valence-electron chi connectivity index (χ0n) is 12.2. The molecule has 5 nitrogen and oxygen atoms in total. The summed E-state index contributed by atoms with van der Waals surface area (Å²) in [6.07, 6.45) is 4.72. The van der Waals surface area contributed by atoms with Gasteiger partial charge in [0, 0.05) is 18.7 Å². The van der Waals surface area contributed by atoms with Gasteiger partial charge in [0.2, 0.25) is 0 Å². The van der Waals surface area contributed by atoms with E-state index in [0.717, 1.165) is 19.3 Å². The molecular weight excluding hydrogens is 320 g/mol. The highest BCUT2D eigenvalue weighted by Crippen LogP contribution is 2.33. The molecule has 1 saturated heterocycles. The summed E-state index contributed by atoms with van der Waals surface area (Å²) in [4.78, 5) is 24.8. The Bertz CT molecular complexity index is 643. The van der Waals surface area contributed by atoms with Gasteiger partial charge in [-0.05, 0) is 18.1 Å². The lowest BCUT2D eigenvalue weighted by Crippen LogP contribution is -2.28. The van der Waals surface area contributed by atoms with Gasteiger partial charge < -0.3 is 0 Å². The Morgan fingerprint density at radius 3 is 2.86 bits per heavy atom. The number of carbonyl (C=O) groups is 1. The second-order valence-corrected chi connectivity index (χ2v) is 6.57. The fourth-order valence-electron chi connectivity index (χ4n) is 2.09. The number of non-ortho nitro benzene ring substituents is 1. The Labute approximate surface area is 138 Å². The maximum Gasteiger partial charge on any atom is 0.270 e. The number of hydrogen-bond acceptors (Lipinski definition) is 5. The predicted octanol–water partition coefficient (Wildman–Crippen LogP) is 3.99. The summed E-state index contributed by atoms with van der Waals surface area (Å²) in [6, 6.07) is 6.21. The van der Waals surface area contributed by atoms with Crippen molar-refractivity contribution in [3.8, 4) is 0 Å². The number of thiocarbonyl (C=S) groups is 1. The molecule has 1 aliphatic heterocycles. The van der Waals surface area contributed by atoms with Gasteiger partial charge in [-0.15, -0.1) is 0 Å². The molecule has 0 aliphatic carbocycles. The van der Waals surface area contributed by atoms with E-state index in [1.165, 1.54) is 23.9 Å². The molecule has 0 saturated carbocycles. The number of nitrogens with zero attached hydrogens (tertiary/aromatic N) is 2. The second kappa shape index (κ2) is 7.51. The maximum absolute atomic E-state index is 12.3. The number of hydrogen-bond donors (Lipinski definition) is 0. The first-order valence-electron chi connectivity index (χ1n) is 7.02. The third-order valence-electron chi connectivity index (χ3n) is 3.24. The van der Waals surface area contributed by atoms with Crippen LogP contribution in [0.5, 0.6) is 0 Å². The smallest absolute Gasteiger partial charge is 0.270 e. The first kappa shape index (κ1) is 16.6. The van der Waals surface area contributed by atoms with Gasteiger partial charge in [0.25, 0.3) is 11.6 Å². The van der Waals surface area contributed by atoms with Crippen LogP contribution in [0.2, 0.25) is 0 Å². The molecule has 1 amide bonds. The van der Waals surface area contributed by atoms with Crippen molar-refractivity contribution in [3.05, 3.63) is 44.8 Å². The molecule has 0 N–H and O–H groups in total. The van der Waals surface area contributed by atoms with Crippen molar-refractivity contribution in [2.45, 2.75) is 26.2 Å². The molecule has 0 bridgehead atoms. The number of benzene rings is 1. The summed E-state index contributed by atoms with van der Waals surface area (Å²) in [6.45, 7) is 2.73. The van der Waals surface area contributed by atoms with Crippen LogP contribution in [0.4, 0.5) is 5.69 Å². The van der Waals surface area contributed by atoms with E-state index in [0.29, 0.717) is 21.3 Å². The van der Waals surface area contributed by atoms with Gasteiger partial charge in [-0.25, -0.2) is 0 Å². The van der Waals surface area contributed by atoms with Gasteiger partial charge in [-0.3, -0.25) is 19.8 Å². The first-order chi connectivity index (χ1) is 10.5. The standard InChI is InChI=1S/C15H16N2O3S2/c1-2-3-4-8-16-14(18)13(22-15(16)21)10-11-6-5-7-12(9-11)17(19)20/h5-7,9-10H,2-4,8H2,1H3/b13-10+. The number of nitro benzene ring substituents is 1. The molecule has 0 unspecified atom stereocenters. The van der Waals surface area contributed by atoms with Crippen molar-refractivity contribution >= 4 is 46.0 Å². The fraction of sp³-hybridized carbons (Fsp3) is 0.333. The summed E-state index contributed by atoms with van der Waals surface area (Å²) in [5, 5.41) is 10.8. The molecule has 1 aromatic carbocycles. The zero-order valence-corrected chi connectivity index (χ0v) is 13.8. The van der Waals surface area contributed by atoms with Gasteiger partial charge in [0.05, 0.1) is 9.83 Å². The first-order valence-corrected chi connectivity index (χ1v) is 8.25. The molecule has 1 fully saturated rings. The molecule has 0 aromatic heterocycles. The van der Waals surface area contributed by atoms with Gasteiger partial charge in [-0.1, -0.05) is 55.9 Å². The Balaban J connectivity index is 2.15. The largest absolute Gasteiger partial charge is 0.293 e. The van der Waals surface area contributed by atoms with E-state index in [-0.39, 0.29) is 11.6 Å². The average Bonchev–Trinajstić information content (AvgIpc) is 2.75. The number of nitro groups is 1. The number of rotatable bonds is 6. The molecule has 22 heavy (non-hydrogen) atoms. The van der Waals surface area contributed by atoms with Gasteiger partial charge in [-0.2, -0.15) is 0 Å². The topological polar surface area (TPSA) is 63.5 Å². The van der Waals surface area contributed by atoms with E-state index in [9.17, 15) is 14.9 Å². The minimum absolute atomic E-state index is 0.00664.